The van der Waals surface area contributed by atoms with Gasteiger partial charge in [-0.1, -0.05) is 0 Å². The second-order valence-electron chi connectivity index (χ2n) is 5.09. The fourth-order valence-corrected chi connectivity index (χ4v) is 2.53. The van der Waals surface area contributed by atoms with E-state index in [1.807, 2.05) is 0 Å². The van der Waals surface area contributed by atoms with Crippen LogP contribution >= 0.6 is 0 Å². The van der Waals surface area contributed by atoms with Crippen LogP contribution in [-0.4, -0.2) is 36.8 Å². The number of carbonyl (C=O) groups is 1. The zero-order valence-electron chi connectivity index (χ0n) is 14.1. The van der Waals surface area contributed by atoms with E-state index in [9.17, 15) is 14.9 Å². The van der Waals surface area contributed by atoms with E-state index >= 15 is 0 Å². The van der Waals surface area contributed by atoms with Crippen LogP contribution in [-0.2, 0) is 11.8 Å². The maximum atomic E-state index is 12.1. The van der Waals surface area contributed by atoms with E-state index in [0.29, 0.717) is 17.0 Å². The summed E-state index contributed by atoms with van der Waals surface area (Å²) >= 11 is 0. The third kappa shape index (κ3) is 2.78. The van der Waals surface area contributed by atoms with Crippen molar-refractivity contribution in [3.8, 4) is 22.6 Å². The molecule has 8 nitrogen and oxygen atoms in total. The van der Waals surface area contributed by atoms with Crippen molar-refractivity contribution in [2.75, 3.05) is 21.3 Å². The molecule has 0 aliphatic rings. The molecule has 24 heavy (non-hydrogen) atoms. The van der Waals surface area contributed by atoms with Gasteiger partial charge in [0.2, 0.25) is 0 Å². The van der Waals surface area contributed by atoms with Gasteiger partial charge in [-0.05, 0) is 13.0 Å². The van der Waals surface area contributed by atoms with Gasteiger partial charge in [-0.15, -0.1) is 0 Å². The van der Waals surface area contributed by atoms with Crippen molar-refractivity contribution in [2.45, 2.75) is 6.92 Å². The van der Waals surface area contributed by atoms with E-state index in [0.717, 1.165) is 0 Å². The van der Waals surface area contributed by atoms with Crippen LogP contribution in [0.2, 0.25) is 0 Å². The molecule has 2 rings (SSSR count). The molecule has 0 bridgehead atoms. The Bertz CT molecular complexity index is 809. The van der Waals surface area contributed by atoms with E-state index < -0.39 is 10.9 Å². The Labute approximate surface area is 138 Å². The van der Waals surface area contributed by atoms with Crippen LogP contribution in [0.15, 0.2) is 18.3 Å². The molecular formula is C16H18N2O6. The molecule has 1 aromatic heterocycles. The number of nitro groups is 1. The molecule has 1 heterocycles. The predicted molar refractivity (Wildman–Crippen MR) is 86.7 cm³/mol. The van der Waals surface area contributed by atoms with Crippen LogP contribution in [0.5, 0.6) is 11.5 Å². The Morgan fingerprint density at radius 1 is 1.12 bits per heavy atom. The predicted octanol–water partition coefficient (Wildman–Crippen LogP) is 2.71. The fourth-order valence-electron chi connectivity index (χ4n) is 2.53. The number of hydrogen-bond acceptors (Lipinski definition) is 6. The Morgan fingerprint density at radius 2 is 1.71 bits per heavy atom. The first-order chi connectivity index (χ1) is 11.3. The van der Waals surface area contributed by atoms with Crippen molar-refractivity contribution >= 4 is 11.7 Å². The Morgan fingerprint density at radius 3 is 2.21 bits per heavy atom. The van der Waals surface area contributed by atoms with Crippen LogP contribution in [0.25, 0.3) is 11.1 Å². The maximum absolute atomic E-state index is 12.1. The molecule has 0 fully saturated rings. The summed E-state index contributed by atoms with van der Waals surface area (Å²) in [6.45, 7) is 1.74. The van der Waals surface area contributed by atoms with E-state index in [4.69, 9.17) is 14.2 Å². The minimum atomic E-state index is -0.563. The molecule has 0 saturated carbocycles. The zero-order chi connectivity index (χ0) is 18.0. The summed E-state index contributed by atoms with van der Waals surface area (Å²) in [5.74, 6) is 0.00262. The number of rotatable bonds is 5. The average molecular weight is 334 g/mol. The molecule has 0 amide bonds. The van der Waals surface area contributed by atoms with Crippen molar-refractivity contribution in [1.29, 1.82) is 0 Å². The number of nitrogens with zero attached hydrogens (tertiary/aromatic N) is 2. The third-order valence-electron chi connectivity index (χ3n) is 3.86. The lowest BCUT2D eigenvalue weighted by Gasteiger charge is -2.11. The summed E-state index contributed by atoms with van der Waals surface area (Å²) < 4.78 is 16.9. The number of methoxy groups -OCH3 is 3. The van der Waals surface area contributed by atoms with Gasteiger partial charge < -0.3 is 18.8 Å². The zero-order valence-corrected chi connectivity index (χ0v) is 14.1. The Balaban J connectivity index is 2.84. The van der Waals surface area contributed by atoms with Crippen LogP contribution in [0, 0.1) is 17.0 Å². The number of aromatic nitrogens is 1. The van der Waals surface area contributed by atoms with Crippen molar-refractivity contribution in [1.82, 2.24) is 4.57 Å². The Kier molecular flexibility index (Phi) is 4.77. The van der Waals surface area contributed by atoms with E-state index in [1.54, 1.807) is 24.7 Å². The SMILES string of the molecule is COC(=O)c1c(-c2cc(OC)c(OC)cc2[N+](=O)[O-])cn(C)c1C. The highest BCUT2D eigenvalue weighted by Crippen LogP contribution is 2.42. The molecule has 0 unspecified atom stereocenters. The number of benzene rings is 1. The molecule has 0 radical (unpaired) electrons. The number of esters is 1. The molecule has 2 aromatic rings. The second kappa shape index (κ2) is 6.61. The molecule has 0 atom stereocenters. The molecule has 0 aliphatic carbocycles. The molecule has 0 saturated heterocycles. The average Bonchev–Trinajstić information content (AvgIpc) is 2.87. The smallest absolute Gasteiger partial charge is 0.340 e. The topological polar surface area (TPSA) is 92.8 Å². The monoisotopic (exact) mass is 334 g/mol. The lowest BCUT2D eigenvalue weighted by atomic mass is 10.0. The summed E-state index contributed by atoms with van der Waals surface area (Å²) in [6.07, 6.45) is 1.65. The molecular weight excluding hydrogens is 316 g/mol. The molecule has 0 N–H and O–H groups in total. The Hall–Kier alpha value is -3.03. The summed E-state index contributed by atoms with van der Waals surface area (Å²) in [6, 6.07) is 2.76. The molecule has 128 valence electrons. The third-order valence-corrected chi connectivity index (χ3v) is 3.86. The lowest BCUT2D eigenvalue weighted by Crippen LogP contribution is -2.05. The quantitative estimate of drug-likeness (QED) is 0.474. The highest BCUT2D eigenvalue weighted by atomic mass is 16.6. The van der Waals surface area contributed by atoms with Gasteiger partial charge >= 0.3 is 5.97 Å². The molecule has 8 heteroatoms. The maximum Gasteiger partial charge on any atom is 0.340 e. The van der Waals surface area contributed by atoms with Crippen LogP contribution in [0.1, 0.15) is 16.1 Å². The van der Waals surface area contributed by atoms with Gasteiger partial charge in [0.15, 0.2) is 11.5 Å². The van der Waals surface area contributed by atoms with Gasteiger partial charge in [0, 0.05) is 24.5 Å². The second-order valence-corrected chi connectivity index (χ2v) is 5.09. The number of hydrogen-bond donors (Lipinski definition) is 0. The first kappa shape index (κ1) is 17.3. The van der Waals surface area contributed by atoms with Gasteiger partial charge in [0.05, 0.1) is 43.4 Å². The van der Waals surface area contributed by atoms with Gasteiger partial charge in [-0.3, -0.25) is 10.1 Å². The summed E-state index contributed by atoms with van der Waals surface area (Å²) in [4.78, 5) is 23.1. The van der Waals surface area contributed by atoms with Crippen LogP contribution in [0.3, 0.4) is 0 Å². The fraction of sp³-hybridized carbons (Fsp3) is 0.312. The number of carbonyl (C=O) groups excluding carboxylic acids is 1. The summed E-state index contributed by atoms with van der Waals surface area (Å²) in [5, 5.41) is 11.5. The minimum Gasteiger partial charge on any atom is -0.493 e. The molecule has 0 aliphatic heterocycles. The van der Waals surface area contributed by atoms with Gasteiger partial charge in [-0.2, -0.15) is 0 Å². The number of nitro benzene ring substituents is 1. The van der Waals surface area contributed by atoms with Gasteiger partial charge in [0.1, 0.15) is 0 Å². The highest BCUT2D eigenvalue weighted by molar-refractivity contribution is 6.00. The van der Waals surface area contributed by atoms with Crippen molar-refractivity contribution in [2.24, 2.45) is 7.05 Å². The van der Waals surface area contributed by atoms with Crippen molar-refractivity contribution in [3.63, 3.8) is 0 Å². The largest absolute Gasteiger partial charge is 0.493 e. The standard InChI is InChI=1S/C16H18N2O6/c1-9-15(16(19)24-5)11(8-17(9)2)10-6-13(22-3)14(23-4)7-12(10)18(20)21/h6-8H,1-5H3. The van der Waals surface area contributed by atoms with Crippen LogP contribution < -0.4 is 9.47 Å². The number of aryl methyl sites for hydroxylation is 1. The highest BCUT2D eigenvalue weighted by Gasteiger charge is 2.27. The van der Waals surface area contributed by atoms with Crippen molar-refractivity contribution in [3.05, 3.63) is 39.7 Å². The van der Waals surface area contributed by atoms with Gasteiger partial charge in [-0.25, -0.2) is 4.79 Å². The molecule has 1 aromatic carbocycles. The first-order valence-corrected chi connectivity index (χ1v) is 7.00. The minimum absolute atomic E-state index is 0.191. The number of ether oxygens (including phenoxy) is 3. The van der Waals surface area contributed by atoms with E-state index in [-0.39, 0.29) is 22.6 Å². The van der Waals surface area contributed by atoms with Crippen molar-refractivity contribution < 1.29 is 23.9 Å². The van der Waals surface area contributed by atoms with Crippen LogP contribution in [0.4, 0.5) is 5.69 Å². The van der Waals surface area contributed by atoms with E-state index in [2.05, 4.69) is 0 Å². The van der Waals surface area contributed by atoms with Gasteiger partial charge in [0.25, 0.3) is 5.69 Å². The van der Waals surface area contributed by atoms with E-state index in [1.165, 1.54) is 33.5 Å². The lowest BCUT2D eigenvalue weighted by molar-refractivity contribution is -0.384. The molecule has 0 spiro atoms. The summed E-state index contributed by atoms with van der Waals surface area (Å²) in [7, 11) is 5.85. The summed E-state index contributed by atoms with van der Waals surface area (Å²) in [5.41, 5.74) is 1.37. The first-order valence-electron chi connectivity index (χ1n) is 7.00. The normalized spacial score (nSPS) is 10.4.